The first-order valence-electron chi connectivity index (χ1n) is 6.87. The number of rotatable bonds is 2. The molecule has 1 fully saturated rings. The van der Waals surface area contributed by atoms with Crippen molar-refractivity contribution < 1.29 is 4.74 Å². The Hall–Kier alpha value is -1.50. The summed E-state index contributed by atoms with van der Waals surface area (Å²) in [6.07, 6.45) is 7.92. The molecule has 0 radical (unpaired) electrons. The van der Waals surface area contributed by atoms with Gasteiger partial charge in [0.05, 0.1) is 0 Å². The molecule has 0 spiro atoms. The van der Waals surface area contributed by atoms with Crippen LogP contribution in [-0.4, -0.2) is 0 Å². The van der Waals surface area contributed by atoms with Crippen molar-refractivity contribution in [1.82, 2.24) is 0 Å². The first kappa shape index (κ1) is 12.9. The molecule has 0 bridgehead atoms. The van der Waals surface area contributed by atoms with Crippen molar-refractivity contribution in [1.29, 1.82) is 0 Å². The number of fused-ring (bicyclic) bond motifs is 1. The maximum Gasteiger partial charge on any atom is 0.127 e. The van der Waals surface area contributed by atoms with Crippen molar-refractivity contribution in [3.05, 3.63) is 53.3 Å². The summed E-state index contributed by atoms with van der Waals surface area (Å²) < 4.78 is 5.89. The van der Waals surface area contributed by atoms with E-state index < -0.39 is 0 Å². The molecule has 2 aliphatic rings. The molecule has 0 aliphatic heterocycles. The minimum Gasteiger partial charge on any atom is -0.458 e. The van der Waals surface area contributed by atoms with Crippen molar-refractivity contribution in [3.8, 4) is 5.75 Å². The van der Waals surface area contributed by atoms with E-state index in [0.29, 0.717) is 0 Å². The smallest absolute Gasteiger partial charge is 0.127 e. The molecule has 0 aromatic heterocycles. The van der Waals surface area contributed by atoms with Gasteiger partial charge in [0.25, 0.3) is 0 Å². The molecule has 96 valence electrons. The summed E-state index contributed by atoms with van der Waals surface area (Å²) in [5.41, 5.74) is 2.50. The fourth-order valence-electron chi connectivity index (χ4n) is 2.33. The van der Waals surface area contributed by atoms with Gasteiger partial charge in [-0.05, 0) is 67.5 Å². The number of aryl methyl sites for hydroxylation is 2. The van der Waals surface area contributed by atoms with Gasteiger partial charge in [0.2, 0.25) is 0 Å². The summed E-state index contributed by atoms with van der Waals surface area (Å²) in [4.78, 5) is 0. The van der Waals surface area contributed by atoms with E-state index in [1.54, 1.807) is 0 Å². The summed E-state index contributed by atoms with van der Waals surface area (Å²) in [5.74, 6) is 3.49. The van der Waals surface area contributed by atoms with Crippen LogP contribution in [0.4, 0.5) is 0 Å². The summed E-state index contributed by atoms with van der Waals surface area (Å²) in [5, 5.41) is 0. The van der Waals surface area contributed by atoms with Crippen LogP contribution in [0.5, 0.6) is 5.75 Å². The van der Waals surface area contributed by atoms with Crippen LogP contribution < -0.4 is 4.74 Å². The second-order valence-corrected chi connectivity index (χ2v) is 4.92. The van der Waals surface area contributed by atoms with Gasteiger partial charge in [-0.25, -0.2) is 0 Å². The molecule has 0 heterocycles. The number of hydrogen-bond acceptors (Lipinski definition) is 1. The highest BCUT2D eigenvalue weighted by Gasteiger charge is 2.35. The molecule has 0 amide bonds. The normalized spacial score (nSPS) is 23.4. The van der Waals surface area contributed by atoms with Crippen LogP contribution in [0, 0.1) is 25.7 Å². The van der Waals surface area contributed by atoms with E-state index >= 15 is 0 Å². The minimum absolute atomic E-state index is 0.742. The predicted octanol–water partition coefficient (Wildman–Crippen LogP) is 4.80. The van der Waals surface area contributed by atoms with Gasteiger partial charge < -0.3 is 4.74 Å². The van der Waals surface area contributed by atoms with Gasteiger partial charge >= 0.3 is 0 Å². The lowest BCUT2D eigenvalue weighted by molar-refractivity contribution is 0.437. The van der Waals surface area contributed by atoms with Crippen molar-refractivity contribution >= 4 is 0 Å². The highest BCUT2D eigenvalue weighted by molar-refractivity contribution is 5.36. The van der Waals surface area contributed by atoms with E-state index in [1.165, 1.54) is 17.5 Å². The third kappa shape index (κ3) is 3.04. The zero-order valence-corrected chi connectivity index (χ0v) is 11.7. The maximum absolute atomic E-state index is 5.89. The largest absolute Gasteiger partial charge is 0.458 e. The maximum atomic E-state index is 5.89. The molecule has 3 rings (SSSR count). The Morgan fingerprint density at radius 1 is 1.00 bits per heavy atom. The monoisotopic (exact) mass is 242 g/mol. The number of benzene rings is 1. The lowest BCUT2D eigenvalue weighted by Gasteiger charge is -2.10. The van der Waals surface area contributed by atoms with Gasteiger partial charge in [-0.3, -0.25) is 0 Å². The van der Waals surface area contributed by atoms with Gasteiger partial charge in [0, 0.05) is 0 Å². The average molecular weight is 242 g/mol. The minimum atomic E-state index is 0.742. The van der Waals surface area contributed by atoms with Crippen molar-refractivity contribution in [3.63, 3.8) is 0 Å². The van der Waals surface area contributed by atoms with E-state index in [9.17, 15) is 0 Å². The molecule has 18 heavy (non-hydrogen) atoms. The SMILES string of the molecule is CC.Cc1cc(C)cc(OC2=CC3CC3C=C2)c1. The molecule has 2 atom stereocenters. The van der Waals surface area contributed by atoms with Crippen LogP contribution in [0.3, 0.4) is 0 Å². The lowest BCUT2D eigenvalue weighted by Crippen LogP contribution is -1.97. The summed E-state index contributed by atoms with van der Waals surface area (Å²) in [6, 6.07) is 6.33. The Morgan fingerprint density at radius 3 is 2.28 bits per heavy atom. The van der Waals surface area contributed by atoms with Gasteiger partial charge in [-0.1, -0.05) is 26.0 Å². The van der Waals surface area contributed by atoms with Crippen LogP contribution in [0.1, 0.15) is 31.4 Å². The zero-order chi connectivity index (χ0) is 13.1. The van der Waals surface area contributed by atoms with Crippen LogP contribution in [0.2, 0.25) is 0 Å². The summed E-state index contributed by atoms with van der Waals surface area (Å²) >= 11 is 0. The molecule has 2 aliphatic carbocycles. The fraction of sp³-hybridized carbons (Fsp3) is 0.412. The molecule has 1 heteroatoms. The Labute approximate surface area is 110 Å². The van der Waals surface area contributed by atoms with Crippen LogP contribution >= 0.6 is 0 Å². The summed E-state index contributed by atoms with van der Waals surface area (Å²) in [6.45, 7) is 8.20. The molecule has 2 unspecified atom stereocenters. The average Bonchev–Trinajstić information content (AvgIpc) is 3.08. The molecule has 1 aromatic rings. The molecule has 0 saturated heterocycles. The molecule has 1 nitrogen and oxygen atoms in total. The molecule has 0 N–H and O–H groups in total. The van der Waals surface area contributed by atoms with E-state index in [4.69, 9.17) is 4.74 Å². The Balaban J connectivity index is 0.000000574. The topological polar surface area (TPSA) is 9.23 Å². The Morgan fingerprint density at radius 2 is 1.67 bits per heavy atom. The van der Waals surface area contributed by atoms with Crippen molar-refractivity contribution in [2.45, 2.75) is 34.1 Å². The fourth-order valence-corrected chi connectivity index (χ4v) is 2.33. The second-order valence-electron chi connectivity index (χ2n) is 4.92. The van der Waals surface area contributed by atoms with Crippen molar-refractivity contribution in [2.75, 3.05) is 0 Å². The Kier molecular flexibility index (Phi) is 3.90. The quantitative estimate of drug-likeness (QED) is 0.724. The first-order valence-corrected chi connectivity index (χ1v) is 6.87. The zero-order valence-electron chi connectivity index (χ0n) is 11.7. The van der Waals surface area contributed by atoms with Crippen molar-refractivity contribution in [2.24, 2.45) is 11.8 Å². The first-order chi connectivity index (χ1) is 8.70. The van der Waals surface area contributed by atoms with Gasteiger partial charge in [0.15, 0.2) is 0 Å². The Bertz CT molecular complexity index is 462. The second kappa shape index (κ2) is 5.43. The lowest BCUT2D eigenvalue weighted by atomic mass is 10.1. The molecular weight excluding hydrogens is 220 g/mol. The standard InChI is InChI=1S/C15H16O.C2H6/c1-10-5-11(2)7-15(6-10)16-14-4-3-12-8-13(12)9-14;1-2/h3-7,9,12-13H,8H2,1-2H3;1-2H3. The third-order valence-corrected chi connectivity index (χ3v) is 3.21. The van der Waals surface area contributed by atoms with E-state index in [0.717, 1.165) is 23.3 Å². The van der Waals surface area contributed by atoms with E-state index in [1.807, 2.05) is 13.8 Å². The number of hydrogen-bond donors (Lipinski definition) is 0. The summed E-state index contributed by atoms with van der Waals surface area (Å²) in [7, 11) is 0. The van der Waals surface area contributed by atoms with E-state index in [-0.39, 0.29) is 0 Å². The highest BCUT2D eigenvalue weighted by Crippen LogP contribution is 2.44. The van der Waals surface area contributed by atoms with E-state index in [2.05, 4.69) is 50.3 Å². The van der Waals surface area contributed by atoms with Crippen LogP contribution in [0.25, 0.3) is 0 Å². The predicted molar refractivity (Wildman–Crippen MR) is 76.7 cm³/mol. The van der Waals surface area contributed by atoms with Gasteiger partial charge in [0.1, 0.15) is 11.5 Å². The van der Waals surface area contributed by atoms with Crippen LogP contribution in [-0.2, 0) is 0 Å². The van der Waals surface area contributed by atoms with Gasteiger partial charge in [-0.15, -0.1) is 0 Å². The van der Waals surface area contributed by atoms with Gasteiger partial charge in [-0.2, -0.15) is 0 Å². The number of allylic oxidation sites excluding steroid dienone is 3. The third-order valence-electron chi connectivity index (χ3n) is 3.21. The highest BCUT2D eigenvalue weighted by atomic mass is 16.5. The van der Waals surface area contributed by atoms with Crippen LogP contribution in [0.15, 0.2) is 42.2 Å². The number of ether oxygens (including phenoxy) is 1. The molecule has 1 saturated carbocycles. The molecular formula is C17H22O. The molecule has 1 aromatic carbocycles.